The summed E-state index contributed by atoms with van der Waals surface area (Å²) in [6.07, 6.45) is 0. The highest BCUT2D eigenvalue weighted by atomic mass is 28.3. The van der Waals surface area contributed by atoms with Crippen molar-refractivity contribution >= 4 is 8.80 Å². The molecule has 0 aromatic heterocycles. The molecule has 0 unspecified atom stereocenters. The van der Waals surface area contributed by atoms with Crippen LogP contribution in [0.2, 0.25) is 18.1 Å². The fourth-order valence-corrected chi connectivity index (χ4v) is 0. The van der Waals surface area contributed by atoms with Crippen LogP contribution in [0.5, 0.6) is 0 Å². The summed E-state index contributed by atoms with van der Waals surface area (Å²) in [6.45, 7) is 11.7. The molecule has 0 amide bonds. The zero-order valence-corrected chi connectivity index (χ0v) is 7.64. The van der Waals surface area contributed by atoms with Gasteiger partial charge in [-0.3, -0.25) is 0 Å². The van der Waals surface area contributed by atoms with Crippen molar-refractivity contribution in [3.05, 3.63) is 0 Å². The predicted molar refractivity (Wildman–Crippen MR) is 39.3 cm³/mol. The molecule has 0 aromatic rings. The summed E-state index contributed by atoms with van der Waals surface area (Å²) >= 11 is 0. The van der Waals surface area contributed by atoms with Crippen molar-refractivity contribution in [1.29, 1.82) is 0 Å². The van der Waals surface area contributed by atoms with Crippen LogP contribution >= 0.6 is 0 Å². The Balaban J connectivity index is 0. The van der Waals surface area contributed by atoms with Gasteiger partial charge in [-0.15, -0.1) is 0 Å². The molecule has 1 nitrogen and oxygen atoms in total. The SMILES string of the molecule is C[SiH](C)C(C)(C)C.[O]. The molecule has 0 saturated heterocycles. The predicted octanol–water partition coefficient (Wildman–Crippen LogP) is 2.15. The molecule has 2 radical (unpaired) electrons. The minimum Gasteiger partial charge on any atom is -0.0718 e. The van der Waals surface area contributed by atoms with Gasteiger partial charge in [0.25, 0.3) is 0 Å². The molecule has 0 aliphatic heterocycles. The normalized spacial score (nSPS) is 11.2. The Morgan fingerprint density at radius 1 is 1.00 bits per heavy atom. The average molecular weight is 132 g/mol. The first-order valence-electron chi connectivity index (χ1n) is 2.94. The van der Waals surface area contributed by atoms with E-state index in [1.165, 1.54) is 0 Å². The molecule has 0 aromatic carbocycles. The van der Waals surface area contributed by atoms with Crippen molar-refractivity contribution in [2.24, 2.45) is 0 Å². The lowest BCUT2D eigenvalue weighted by molar-refractivity contribution is 0.686. The Labute approximate surface area is 54.0 Å². The summed E-state index contributed by atoms with van der Waals surface area (Å²) in [4.78, 5) is 0. The largest absolute Gasteiger partial charge is 0.0718 e. The van der Waals surface area contributed by atoms with Gasteiger partial charge in [0.1, 0.15) is 0 Å². The van der Waals surface area contributed by atoms with Crippen LogP contribution in [0.3, 0.4) is 0 Å². The molecular weight excluding hydrogens is 116 g/mol. The van der Waals surface area contributed by atoms with E-state index < -0.39 is 0 Å². The van der Waals surface area contributed by atoms with Gasteiger partial charge in [-0.25, -0.2) is 0 Å². The summed E-state index contributed by atoms with van der Waals surface area (Å²) in [5.41, 5.74) is 0. The van der Waals surface area contributed by atoms with Gasteiger partial charge < -0.3 is 0 Å². The Bertz CT molecular complexity index is 54.0. The molecule has 2 heteroatoms. The van der Waals surface area contributed by atoms with Crippen molar-refractivity contribution in [2.45, 2.75) is 38.9 Å². The lowest BCUT2D eigenvalue weighted by Crippen LogP contribution is -2.16. The molecule has 50 valence electrons. The average Bonchev–Trinajstić information content (AvgIpc) is 1.31. The number of rotatable bonds is 0. The fourth-order valence-electron chi connectivity index (χ4n) is 0. The van der Waals surface area contributed by atoms with E-state index >= 15 is 0 Å². The van der Waals surface area contributed by atoms with Crippen LogP contribution in [0.25, 0.3) is 0 Å². The first-order valence-corrected chi connectivity index (χ1v) is 5.83. The van der Waals surface area contributed by atoms with E-state index in [1.54, 1.807) is 0 Å². The van der Waals surface area contributed by atoms with E-state index in [4.69, 9.17) is 0 Å². The van der Waals surface area contributed by atoms with Crippen molar-refractivity contribution in [2.75, 3.05) is 0 Å². The molecule has 0 N–H and O–H groups in total. The maximum Gasteiger partial charge on any atom is 0.0361 e. The van der Waals surface area contributed by atoms with Crippen LogP contribution in [-0.4, -0.2) is 8.80 Å². The highest BCUT2D eigenvalue weighted by Gasteiger charge is 2.15. The van der Waals surface area contributed by atoms with Crippen LogP contribution in [0, 0.1) is 0 Å². The summed E-state index contributed by atoms with van der Waals surface area (Å²) < 4.78 is 0. The van der Waals surface area contributed by atoms with Crippen molar-refractivity contribution in [1.82, 2.24) is 0 Å². The Morgan fingerprint density at radius 2 is 1.12 bits per heavy atom. The van der Waals surface area contributed by atoms with Crippen LogP contribution in [0.4, 0.5) is 0 Å². The van der Waals surface area contributed by atoms with Gasteiger partial charge in [-0.1, -0.05) is 33.9 Å². The van der Waals surface area contributed by atoms with Gasteiger partial charge in [-0.05, 0) is 5.04 Å². The second-order valence-electron chi connectivity index (χ2n) is 3.52. The fraction of sp³-hybridized carbons (Fsp3) is 1.00. The monoisotopic (exact) mass is 132 g/mol. The van der Waals surface area contributed by atoms with Gasteiger partial charge in [0.05, 0.1) is 0 Å². The number of hydrogen-bond acceptors (Lipinski definition) is 0. The molecule has 0 fully saturated rings. The van der Waals surface area contributed by atoms with Crippen molar-refractivity contribution in [3.8, 4) is 0 Å². The van der Waals surface area contributed by atoms with E-state index in [1.807, 2.05) is 0 Å². The van der Waals surface area contributed by atoms with Gasteiger partial charge in [0, 0.05) is 14.3 Å². The Hall–Kier alpha value is 0.177. The van der Waals surface area contributed by atoms with Gasteiger partial charge in [-0.2, -0.15) is 0 Å². The summed E-state index contributed by atoms with van der Waals surface area (Å²) in [7, 11) is -0.359. The zero-order chi connectivity index (χ0) is 6.08. The maximum absolute atomic E-state index is 2.39. The second kappa shape index (κ2) is 3.25. The van der Waals surface area contributed by atoms with Crippen LogP contribution in [-0.2, 0) is 5.48 Å². The quantitative estimate of drug-likeness (QED) is 0.452. The highest BCUT2D eigenvalue weighted by Crippen LogP contribution is 2.25. The highest BCUT2D eigenvalue weighted by molar-refractivity contribution is 6.59. The first kappa shape index (κ1) is 11.0. The summed E-state index contributed by atoms with van der Waals surface area (Å²) in [5, 5.41) is 0.639. The van der Waals surface area contributed by atoms with Crippen LogP contribution < -0.4 is 0 Å². The van der Waals surface area contributed by atoms with Gasteiger partial charge in [0.2, 0.25) is 0 Å². The second-order valence-corrected chi connectivity index (χ2v) is 7.56. The Morgan fingerprint density at radius 3 is 1.12 bits per heavy atom. The van der Waals surface area contributed by atoms with E-state index in [0.717, 1.165) is 0 Å². The molecule has 0 spiro atoms. The first-order chi connectivity index (χ1) is 2.94. The molecule has 8 heavy (non-hydrogen) atoms. The molecule has 0 saturated carbocycles. The molecule has 0 atom stereocenters. The van der Waals surface area contributed by atoms with E-state index in [0.29, 0.717) is 5.04 Å². The maximum atomic E-state index is 2.39. The lowest BCUT2D eigenvalue weighted by atomic mass is 10.2. The van der Waals surface area contributed by atoms with Gasteiger partial charge in [0.15, 0.2) is 0 Å². The smallest absolute Gasteiger partial charge is 0.0361 e. The lowest BCUT2D eigenvalue weighted by Gasteiger charge is -2.21. The Kier molecular flexibility index (Phi) is 4.49. The molecule has 0 aliphatic carbocycles. The summed E-state index contributed by atoms with van der Waals surface area (Å²) in [5.74, 6) is 0. The van der Waals surface area contributed by atoms with E-state index in [2.05, 4.69) is 33.9 Å². The molecule has 0 rings (SSSR count). The molecular formula is C6H16OSi. The zero-order valence-electron chi connectivity index (χ0n) is 6.49. The molecule has 0 aliphatic rings. The van der Waals surface area contributed by atoms with E-state index in [9.17, 15) is 0 Å². The standard InChI is InChI=1S/C6H16Si.O/c1-6(2,3)7(4)5;/h7H,1-5H3;. The topological polar surface area (TPSA) is 28.5 Å². The van der Waals surface area contributed by atoms with Crippen LogP contribution in [0.15, 0.2) is 0 Å². The third-order valence-electron chi connectivity index (χ3n) is 1.73. The molecule has 0 bridgehead atoms. The minimum atomic E-state index is -0.359. The third kappa shape index (κ3) is 4.34. The van der Waals surface area contributed by atoms with Crippen molar-refractivity contribution < 1.29 is 5.48 Å². The summed E-state index contributed by atoms with van der Waals surface area (Å²) in [6, 6.07) is 0. The minimum absolute atomic E-state index is 0. The van der Waals surface area contributed by atoms with Crippen LogP contribution in [0.1, 0.15) is 20.8 Å². The van der Waals surface area contributed by atoms with E-state index in [-0.39, 0.29) is 14.3 Å². The number of hydrogen-bond donors (Lipinski definition) is 0. The van der Waals surface area contributed by atoms with Crippen molar-refractivity contribution in [3.63, 3.8) is 0 Å². The third-order valence-corrected chi connectivity index (χ3v) is 5.20. The van der Waals surface area contributed by atoms with Gasteiger partial charge >= 0.3 is 0 Å². The molecule has 0 heterocycles.